The normalized spacial score (nSPS) is 10.2. The summed E-state index contributed by atoms with van der Waals surface area (Å²) in [5.74, 6) is -1.22. The number of pyridine rings is 2. The van der Waals surface area contributed by atoms with E-state index < -0.39 is 11.8 Å². The minimum absolute atomic E-state index is 0.154. The van der Waals surface area contributed by atoms with Crippen molar-refractivity contribution < 1.29 is 9.59 Å². The van der Waals surface area contributed by atoms with Crippen LogP contribution in [-0.2, 0) is 0 Å². The van der Waals surface area contributed by atoms with Crippen molar-refractivity contribution in [3.05, 3.63) is 35.9 Å². The number of hydrogen-bond acceptors (Lipinski definition) is 4. The molecule has 6 nitrogen and oxygen atoms in total. The van der Waals surface area contributed by atoms with Crippen molar-refractivity contribution >= 4 is 22.6 Å². The van der Waals surface area contributed by atoms with E-state index in [0.29, 0.717) is 10.8 Å². The Hall–Kier alpha value is -2.50. The second-order valence-electron chi connectivity index (χ2n) is 3.21. The molecule has 6 heteroatoms. The average molecular weight is 216 g/mol. The molecule has 0 saturated carbocycles. The summed E-state index contributed by atoms with van der Waals surface area (Å²) in [6.45, 7) is 0. The summed E-state index contributed by atoms with van der Waals surface area (Å²) in [4.78, 5) is 29.5. The van der Waals surface area contributed by atoms with Crippen molar-refractivity contribution in [2.24, 2.45) is 11.5 Å². The third-order valence-corrected chi connectivity index (χ3v) is 2.11. The van der Waals surface area contributed by atoms with Crippen molar-refractivity contribution in [3.63, 3.8) is 0 Å². The number of nitrogens with zero attached hydrogens (tertiary/aromatic N) is 2. The van der Waals surface area contributed by atoms with Gasteiger partial charge >= 0.3 is 0 Å². The molecule has 0 aliphatic rings. The van der Waals surface area contributed by atoms with Crippen molar-refractivity contribution in [1.82, 2.24) is 9.97 Å². The zero-order chi connectivity index (χ0) is 11.7. The molecular formula is C10H8N4O2. The van der Waals surface area contributed by atoms with Gasteiger partial charge in [0.15, 0.2) is 0 Å². The van der Waals surface area contributed by atoms with Gasteiger partial charge in [-0.3, -0.25) is 19.6 Å². The van der Waals surface area contributed by atoms with Crippen LogP contribution in [0.5, 0.6) is 0 Å². The Balaban J connectivity index is 2.61. The van der Waals surface area contributed by atoms with Crippen LogP contribution in [0.2, 0.25) is 0 Å². The number of nitrogens with two attached hydrogens (primary N) is 2. The van der Waals surface area contributed by atoms with Gasteiger partial charge in [-0.1, -0.05) is 0 Å². The second-order valence-corrected chi connectivity index (χ2v) is 3.21. The summed E-state index contributed by atoms with van der Waals surface area (Å²) in [5, 5.41) is 1.35. The second kappa shape index (κ2) is 3.58. The molecule has 0 saturated heterocycles. The lowest BCUT2D eigenvalue weighted by molar-refractivity contribution is 0.0987. The highest BCUT2D eigenvalue weighted by Gasteiger charge is 2.06. The molecule has 0 bridgehead atoms. The topological polar surface area (TPSA) is 112 Å². The van der Waals surface area contributed by atoms with Gasteiger partial charge in [-0.2, -0.15) is 0 Å². The molecule has 2 heterocycles. The first-order valence-corrected chi connectivity index (χ1v) is 4.43. The Bertz CT molecular complexity index is 541. The molecule has 2 aromatic heterocycles. The first-order chi connectivity index (χ1) is 7.58. The third-order valence-electron chi connectivity index (χ3n) is 2.11. The highest BCUT2D eigenvalue weighted by molar-refractivity contribution is 5.98. The van der Waals surface area contributed by atoms with Gasteiger partial charge in [0.1, 0.15) is 11.4 Å². The van der Waals surface area contributed by atoms with Crippen molar-refractivity contribution in [3.8, 4) is 0 Å². The van der Waals surface area contributed by atoms with E-state index in [4.69, 9.17) is 11.5 Å². The Kier molecular flexibility index (Phi) is 2.24. The van der Waals surface area contributed by atoms with Gasteiger partial charge in [-0.25, -0.2) is 0 Å². The van der Waals surface area contributed by atoms with Gasteiger partial charge in [-0.15, -0.1) is 0 Å². The number of carbonyl (C=O) groups excluding carboxylic acids is 2. The fourth-order valence-corrected chi connectivity index (χ4v) is 1.31. The molecule has 80 valence electrons. The molecule has 0 radical (unpaired) electrons. The van der Waals surface area contributed by atoms with E-state index in [-0.39, 0.29) is 11.4 Å². The molecule has 2 rings (SSSR count). The standard InChI is InChI=1S/C10H8N4O2/c11-9(15)7-1-5-3-14-8(10(12)16)2-6(5)4-13-7/h1-4H,(H2,11,15)(H2,12,16). The molecule has 0 aromatic carbocycles. The minimum Gasteiger partial charge on any atom is -0.364 e. The van der Waals surface area contributed by atoms with Crippen LogP contribution >= 0.6 is 0 Å². The fourth-order valence-electron chi connectivity index (χ4n) is 1.31. The van der Waals surface area contributed by atoms with Gasteiger partial charge in [0.2, 0.25) is 0 Å². The van der Waals surface area contributed by atoms with Crippen molar-refractivity contribution in [1.29, 1.82) is 0 Å². The first-order valence-electron chi connectivity index (χ1n) is 4.43. The van der Waals surface area contributed by atoms with Crippen molar-refractivity contribution in [2.45, 2.75) is 0 Å². The SMILES string of the molecule is NC(=O)c1cc2cnc(C(N)=O)cc2cn1. The summed E-state index contributed by atoms with van der Waals surface area (Å²) in [6.07, 6.45) is 2.90. The van der Waals surface area contributed by atoms with Gasteiger partial charge in [-0.05, 0) is 12.1 Å². The molecule has 2 amide bonds. The number of amides is 2. The van der Waals surface area contributed by atoms with Crippen LogP contribution in [0.25, 0.3) is 10.8 Å². The predicted molar refractivity (Wildman–Crippen MR) is 56.6 cm³/mol. The van der Waals surface area contributed by atoms with Gasteiger partial charge in [0, 0.05) is 23.2 Å². The minimum atomic E-state index is -0.610. The number of aromatic nitrogens is 2. The van der Waals surface area contributed by atoms with E-state index in [1.807, 2.05) is 0 Å². The van der Waals surface area contributed by atoms with E-state index >= 15 is 0 Å². The van der Waals surface area contributed by atoms with E-state index in [0.717, 1.165) is 0 Å². The fraction of sp³-hybridized carbons (Fsp3) is 0. The van der Waals surface area contributed by atoms with Crippen LogP contribution in [-0.4, -0.2) is 21.8 Å². The van der Waals surface area contributed by atoms with Crippen LogP contribution in [0, 0.1) is 0 Å². The summed E-state index contributed by atoms with van der Waals surface area (Å²) in [5.41, 5.74) is 10.5. The molecule has 0 unspecified atom stereocenters. The maximum Gasteiger partial charge on any atom is 0.267 e. The van der Waals surface area contributed by atoms with Crippen molar-refractivity contribution in [2.75, 3.05) is 0 Å². The molecule has 0 fully saturated rings. The zero-order valence-electron chi connectivity index (χ0n) is 8.18. The van der Waals surface area contributed by atoms with E-state index in [9.17, 15) is 9.59 Å². The molecule has 16 heavy (non-hydrogen) atoms. The number of fused-ring (bicyclic) bond motifs is 1. The van der Waals surface area contributed by atoms with Crippen LogP contribution in [0.15, 0.2) is 24.5 Å². The Labute approximate surface area is 90.3 Å². The van der Waals surface area contributed by atoms with Gasteiger partial charge in [0.25, 0.3) is 11.8 Å². The number of hydrogen-bond donors (Lipinski definition) is 2. The van der Waals surface area contributed by atoms with Crippen LogP contribution in [0.1, 0.15) is 21.0 Å². The lowest BCUT2D eigenvalue weighted by Crippen LogP contribution is -2.14. The zero-order valence-corrected chi connectivity index (χ0v) is 8.18. The summed E-state index contributed by atoms with van der Waals surface area (Å²) >= 11 is 0. The third kappa shape index (κ3) is 1.68. The molecule has 2 aromatic rings. The number of primary amides is 2. The molecule has 0 atom stereocenters. The molecule has 0 spiro atoms. The summed E-state index contributed by atoms with van der Waals surface area (Å²) < 4.78 is 0. The van der Waals surface area contributed by atoms with Crippen LogP contribution in [0.3, 0.4) is 0 Å². The molecular weight excluding hydrogens is 208 g/mol. The Morgan fingerprint density at radius 1 is 0.875 bits per heavy atom. The monoisotopic (exact) mass is 216 g/mol. The Morgan fingerprint density at radius 2 is 1.25 bits per heavy atom. The number of carbonyl (C=O) groups is 2. The highest BCUT2D eigenvalue weighted by atomic mass is 16.1. The smallest absolute Gasteiger partial charge is 0.267 e. The highest BCUT2D eigenvalue weighted by Crippen LogP contribution is 2.13. The Morgan fingerprint density at radius 3 is 1.56 bits per heavy atom. The van der Waals surface area contributed by atoms with Gasteiger partial charge in [0.05, 0.1) is 0 Å². The summed E-state index contributed by atoms with van der Waals surface area (Å²) in [7, 11) is 0. The average Bonchev–Trinajstić information content (AvgIpc) is 2.27. The molecule has 0 aliphatic heterocycles. The largest absolute Gasteiger partial charge is 0.364 e. The van der Waals surface area contributed by atoms with Crippen LogP contribution < -0.4 is 11.5 Å². The maximum atomic E-state index is 10.9. The lowest BCUT2D eigenvalue weighted by Gasteiger charge is -2.00. The first kappa shape index (κ1) is 10.0. The maximum absolute atomic E-state index is 10.9. The van der Waals surface area contributed by atoms with E-state index in [1.165, 1.54) is 24.5 Å². The summed E-state index contributed by atoms with van der Waals surface area (Å²) in [6, 6.07) is 3.02. The lowest BCUT2D eigenvalue weighted by atomic mass is 10.1. The van der Waals surface area contributed by atoms with Gasteiger partial charge < -0.3 is 11.5 Å². The van der Waals surface area contributed by atoms with E-state index in [1.54, 1.807) is 0 Å². The predicted octanol–water partition coefficient (Wildman–Crippen LogP) is -0.172. The molecule has 0 aliphatic carbocycles. The molecule has 4 N–H and O–H groups in total. The van der Waals surface area contributed by atoms with E-state index in [2.05, 4.69) is 9.97 Å². The quantitative estimate of drug-likeness (QED) is 0.725. The van der Waals surface area contributed by atoms with Crippen LogP contribution in [0.4, 0.5) is 0 Å². The number of rotatable bonds is 2.